The number of aromatic nitrogens is 1. The third-order valence-corrected chi connectivity index (χ3v) is 4.12. The molecule has 0 N–H and O–H groups in total. The molecule has 3 nitrogen and oxygen atoms in total. The molecule has 4 heteroatoms. The van der Waals surface area contributed by atoms with Crippen LogP contribution in [0.3, 0.4) is 0 Å². The maximum Gasteiger partial charge on any atom is 0.106 e. The monoisotopic (exact) mass is 296 g/mol. The van der Waals surface area contributed by atoms with Crippen molar-refractivity contribution >= 4 is 15.9 Å². The highest BCUT2D eigenvalue weighted by atomic mass is 79.9. The molecule has 3 rings (SSSR count). The molecular formula is C13H17BrN2O. The Morgan fingerprint density at radius 2 is 2.24 bits per heavy atom. The average Bonchev–Trinajstić information content (AvgIpc) is 2.31. The summed E-state index contributed by atoms with van der Waals surface area (Å²) in [6.07, 6.45) is 5.74. The van der Waals surface area contributed by atoms with Crippen molar-refractivity contribution in [1.29, 1.82) is 0 Å². The predicted octanol–water partition coefficient (Wildman–Crippen LogP) is 2.60. The van der Waals surface area contributed by atoms with Gasteiger partial charge in [-0.3, -0.25) is 4.90 Å². The lowest BCUT2D eigenvalue weighted by Crippen LogP contribution is -2.63. The molecule has 0 bridgehead atoms. The van der Waals surface area contributed by atoms with Gasteiger partial charge in [0.15, 0.2) is 0 Å². The molecule has 1 spiro atoms. The fraction of sp³-hybridized carbons (Fsp3) is 0.615. The largest absolute Gasteiger partial charge is 0.372 e. The summed E-state index contributed by atoms with van der Waals surface area (Å²) in [6, 6.07) is 4.13. The van der Waals surface area contributed by atoms with E-state index < -0.39 is 0 Å². The normalized spacial score (nSPS) is 23.6. The first kappa shape index (κ1) is 11.6. The fourth-order valence-electron chi connectivity index (χ4n) is 2.80. The zero-order chi connectivity index (χ0) is 11.7. The second-order valence-corrected chi connectivity index (χ2v) is 5.94. The van der Waals surface area contributed by atoms with E-state index in [2.05, 4.69) is 31.9 Å². The van der Waals surface area contributed by atoms with Crippen molar-refractivity contribution in [2.45, 2.75) is 31.4 Å². The number of ether oxygens (including phenoxy) is 1. The van der Waals surface area contributed by atoms with Crippen molar-refractivity contribution < 1.29 is 4.74 Å². The molecule has 2 saturated heterocycles. The molecule has 0 aromatic carbocycles. The first-order valence-corrected chi connectivity index (χ1v) is 7.02. The maximum absolute atomic E-state index is 5.92. The highest BCUT2D eigenvalue weighted by Gasteiger charge is 2.44. The Balaban J connectivity index is 1.54. The first-order chi connectivity index (χ1) is 8.26. The van der Waals surface area contributed by atoms with E-state index in [1.54, 1.807) is 0 Å². The van der Waals surface area contributed by atoms with Gasteiger partial charge in [-0.25, -0.2) is 4.98 Å². The van der Waals surface area contributed by atoms with Crippen molar-refractivity contribution in [2.24, 2.45) is 0 Å². The lowest BCUT2D eigenvalue weighted by atomic mass is 9.86. The van der Waals surface area contributed by atoms with Gasteiger partial charge in [0, 0.05) is 32.4 Å². The van der Waals surface area contributed by atoms with E-state index >= 15 is 0 Å². The number of hydrogen-bond acceptors (Lipinski definition) is 3. The molecule has 1 aromatic rings. The Labute approximate surface area is 110 Å². The van der Waals surface area contributed by atoms with Crippen molar-refractivity contribution in [3.63, 3.8) is 0 Å². The second-order valence-electron chi connectivity index (χ2n) is 5.12. The van der Waals surface area contributed by atoms with E-state index in [4.69, 9.17) is 4.74 Å². The number of likely N-dealkylation sites (tertiary alicyclic amines) is 1. The predicted molar refractivity (Wildman–Crippen MR) is 69.7 cm³/mol. The summed E-state index contributed by atoms with van der Waals surface area (Å²) in [5.74, 6) is 0. The quantitative estimate of drug-likeness (QED) is 0.785. The molecule has 3 heterocycles. The van der Waals surface area contributed by atoms with Crippen LogP contribution in [0.4, 0.5) is 0 Å². The lowest BCUT2D eigenvalue weighted by molar-refractivity contribution is -0.168. The van der Waals surface area contributed by atoms with E-state index in [0.29, 0.717) is 0 Å². The van der Waals surface area contributed by atoms with Gasteiger partial charge in [-0.15, -0.1) is 0 Å². The van der Waals surface area contributed by atoms with Crippen LogP contribution < -0.4 is 0 Å². The average molecular weight is 297 g/mol. The molecule has 0 atom stereocenters. The third kappa shape index (κ3) is 2.54. The Kier molecular flexibility index (Phi) is 3.19. The van der Waals surface area contributed by atoms with Crippen LogP contribution in [0.25, 0.3) is 0 Å². The molecule has 92 valence electrons. The molecule has 2 aliphatic rings. The number of nitrogens with zero attached hydrogens (tertiary/aromatic N) is 2. The molecule has 0 unspecified atom stereocenters. The van der Waals surface area contributed by atoms with Crippen LogP contribution in [0.5, 0.6) is 0 Å². The zero-order valence-corrected chi connectivity index (χ0v) is 11.4. The fourth-order valence-corrected chi connectivity index (χ4v) is 3.03. The van der Waals surface area contributed by atoms with Crippen molar-refractivity contribution in [2.75, 3.05) is 19.7 Å². The zero-order valence-electron chi connectivity index (χ0n) is 9.86. The summed E-state index contributed by atoms with van der Waals surface area (Å²) < 4.78 is 6.82. The maximum atomic E-state index is 5.92. The second kappa shape index (κ2) is 4.67. The standard InChI is InChI=1S/C13H17BrN2O/c14-12-4-3-11(7-15-12)8-16-9-13(10-16)5-1-2-6-17-13/h3-4,7H,1-2,5-6,8-10H2. The summed E-state index contributed by atoms with van der Waals surface area (Å²) in [6.45, 7) is 4.12. The van der Waals surface area contributed by atoms with Crippen LogP contribution in [-0.2, 0) is 11.3 Å². The number of rotatable bonds is 2. The summed E-state index contributed by atoms with van der Waals surface area (Å²) in [7, 11) is 0. The lowest BCUT2D eigenvalue weighted by Gasteiger charge is -2.51. The molecule has 17 heavy (non-hydrogen) atoms. The highest BCUT2D eigenvalue weighted by molar-refractivity contribution is 9.10. The third-order valence-electron chi connectivity index (χ3n) is 3.65. The topological polar surface area (TPSA) is 25.4 Å². The highest BCUT2D eigenvalue weighted by Crippen LogP contribution is 2.34. The molecule has 0 saturated carbocycles. The van der Waals surface area contributed by atoms with Gasteiger partial charge in [-0.05, 0) is 46.8 Å². The van der Waals surface area contributed by atoms with Gasteiger partial charge < -0.3 is 4.74 Å². The summed E-state index contributed by atoms with van der Waals surface area (Å²) in [4.78, 5) is 6.69. The SMILES string of the molecule is Brc1ccc(CN2CC3(CCCCO3)C2)cn1. The smallest absolute Gasteiger partial charge is 0.106 e. The minimum Gasteiger partial charge on any atom is -0.372 e. The minimum absolute atomic E-state index is 0.195. The van der Waals surface area contributed by atoms with Gasteiger partial charge in [-0.2, -0.15) is 0 Å². The van der Waals surface area contributed by atoms with Crippen LogP contribution in [0.2, 0.25) is 0 Å². The summed E-state index contributed by atoms with van der Waals surface area (Å²) >= 11 is 3.36. The van der Waals surface area contributed by atoms with Gasteiger partial charge >= 0.3 is 0 Å². The van der Waals surface area contributed by atoms with Crippen molar-refractivity contribution in [3.8, 4) is 0 Å². The number of pyridine rings is 1. The van der Waals surface area contributed by atoms with Gasteiger partial charge in [0.2, 0.25) is 0 Å². The molecule has 0 aliphatic carbocycles. The number of hydrogen-bond donors (Lipinski definition) is 0. The summed E-state index contributed by atoms with van der Waals surface area (Å²) in [5.41, 5.74) is 1.47. The number of halogens is 1. The van der Waals surface area contributed by atoms with Crippen molar-refractivity contribution in [1.82, 2.24) is 9.88 Å². The molecule has 2 aliphatic heterocycles. The van der Waals surface area contributed by atoms with Gasteiger partial charge in [0.05, 0.1) is 5.60 Å². The first-order valence-electron chi connectivity index (χ1n) is 6.23. The van der Waals surface area contributed by atoms with E-state index in [1.165, 1.54) is 24.8 Å². The van der Waals surface area contributed by atoms with Crippen LogP contribution in [0.15, 0.2) is 22.9 Å². The summed E-state index contributed by atoms with van der Waals surface area (Å²) in [5, 5.41) is 0. The van der Waals surface area contributed by atoms with E-state index in [0.717, 1.165) is 30.8 Å². The van der Waals surface area contributed by atoms with Gasteiger partial charge in [-0.1, -0.05) is 6.07 Å². The molecular weight excluding hydrogens is 280 g/mol. The Hall–Kier alpha value is -0.450. The van der Waals surface area contributed by atoms with Crippen LogP contribution in [-0.4, -0.2) is 35.2 Å². The molecule has 0 amide bonds. The minimum atomic E-state index is 0.195. The van der Waals surface area contributed by atoms with Gasteiger partial charge in [0.1, 0.15) is 4.60 Å². The van der Waals surface area contributed by atoms with E-state index in [-0.39, 0.29) is 5.60 Å². The molecule has 0 radical (unpaired) electrons. The van der Waals surface area contributed by atoms with Crippen LogP contribution in [0.1, 0.15) is 24.8 Å². The van der Waals surface area contributed by atoms with Crippen LogP contribution >= 0.6 is 15.9 Å². The van der Waals surface area contributed by atoms with Gasteiger partial charge in [0.25, 0.3) is 0 Å². The van der Waals surface area contributed by atoms with E-state index in [1.807, 2.05) is 12.3 Å². The molecule has 2 fully saturated rings. The van der Waals surface area contributed by atoms with Crippen LogP contribution in [0, 0.1) is 0 Å². The van der Waals surface area contributed by atoms with Crippen molar-refractivity contribution in [3.05, 3.63) is 28.5 Å². The molecule has 1 aromatic heterocycles. The van der Waals surface area contributed by atoms with E-state index in [9.17, 15) is 0 Å². The Morgan fingerprint density at radius 1 is 1.35 bits per heavy atom. The Morgan fingerprint density at radius 3 is 2.88 bits per heavy atom. The Bertz CT molecular complexity index is 379.